The summed E-state index contributed by atoms with van der Waals surface area (Å²) in [7, 11) is 1.36. The average Bonchev–Trinajstić information content (AvgIpc) is 3.38. The molecule has 0 aliphatic carbocycles. The third-order valence-electron chi connectivity index (χ3n) is 8.35. The second kappa shape index (κ2) is 12.1. The number of pyridine rings is 2. The number of methoxy groups -OCH3 is 1. The number of aromatic nitrogens is 5. The van der Waals surface area contributed by atoms with Crippen molar-refractivity contribution in [3.8, 4) is 11.1 Å². The van der Waals surface area contributed by atoms with Gasteiger partial charge in [0.25, 0.3) is 5.91 Å². The largest absolute Gasteiger partial charge is 0.465 e. The number of rotatable bonds is 6. The van der Waals surface area contributed by atoms with E-state index < -0.39 is 17.3 Å². The summed E-state index contributed by atoms with van der Waals surface area (Å²) in [5.41, 5.74) is 3.52. The van der Waals surface area contributed by atoms with Crippen LogP contribution in [-0.4, -0.2) is 73.6 Å². The molecule has 1 aromatic carbocycles. The molecule has 1 amide bonds. The van der Waals surface area contributed by atoms with Gasteiger partial charge in [-0.05, 0) is 75.2 Å². The number of esters is 1. The molecule has 0 saturated carbocycles. The maximum absolute atomic E-state index is 14.5. The standard InChI is InChI=1S/C34H33ClFN7O3/c1-20-15-29(39-21(2)30(20)33(45)46-5)41-13-14-43(34(3,4)19-41)32(44)27-10-8-23-24(22-7-9-25(35)26(36)16-22)17-42(31(23)40-27)18-28-37-11-6-12-38-28/h6-12,15-17H,13-14,18-19H2,1-5H3. The summed E-state index contributed by atoms with van der Waals surface area (Å²) in [5.74, 6) is 0.185. The summed E-state index contributed by atoms with van der Waals surface area (Å²) >= 11 is 5.96. The first-order chi connectivity index (χ1) is 22.0. The van der Waals surface area contributed by atoms with Crippen molar-refractivity contribution in [2.45, 2.75) is 39.8 Å². The molecular formula is C34H33ClFN7O3. The number of ether oxygens (including phenoxy) is 1. The topological polar surface area (TPSA) is 106 Å². The van der Waals surface area contributed by atoms with Gasteiger partial charge in [-0.15, -0.1) is 0 Å². The van der Waals surface area contributed by atoms with Gasteiger partial charge in [-0.3, -0.25) is 4.79 Å². The summed E-state index contributed by atoms with van der Waals surface area (Å²) in [6.07, 6.45) is 5.20. The Morgan fingerprint density at radius 3 is 2.48 bits per heavy atom. The van der Waals surface area contributed by atoms with E-state index in [0.717, 1.165) is 22.3 Å². The van der Waals surface area contributed by atoms with Crippen molar-refractivity contribution in [3.05, 3.63) is 100 Å². The van der Waals surface area contributed by atoms with Crippen molar-refractivity contribution in [2.24, 2.45) is 0 Å². The van der Waals surface area contributed by atoms with Gasteiger partial charge in [0.1, 0.15) is 28.8 Å². The highest BCUT2D eigenvalue weighted by Crippen LogP contribution is 2.33. The molecule has 0 atom stereocenters. The minimum Gasteiger partial charge on any atom is -0.465 e. The van der Waals surface area contributed by atoms with E-state index in [-0.39, 0.29) is 10.9 Å². The Labute approximate surface area is 270 Å². The highest BCUT2D eigenvalue weighted by Gasteiger charge is 2.38. The molecule has 6 rings (SSSR count). The fraction of sp³-hybridized carbons (Fsp3) is 0.294. The van der Waals surface area contributed by atoms with Gasteiger partial charge >= 0.3 is 5.97 Å². The monoisotopic (exact) mass is 641 g/mol. The van der Waals surface area contributed by atoms with Gasteiger partial charge in [0, 0.05) is 49.2 Å². The number of aryl methyl sites for hydroxylation is 2. The first kappa shape index (κ1) is 31.1. The number of piperazine rings is 1. The SMILES string of the molecule is COC(=O)c1c(C)cc(N2CCN(C(=O)c3ccc4c(-c5ccc(Cl)c(F)c5)cn(Cc5ncccn5)c4n3)C(C)(C)C2)nc1C. The van der Waals surface area contributed by atoms with E-state index in [9.17, 15) is 14.0 Å². The predicted molar refractivity (Wildman–Crippen MR) is 174 cm³/mol. The van der Waals surface area contributed by atoms with Gasteiger partial charge in [0.2, 0.25) is 0 Å². The summed E-state index contributed by atoms with van der Waals surface area (Å²) in [5, 5.41) is 0.795. The Morgan fingerprint density at radius 2 is 1.80 bits per heavy atom. The van der Waals surface area contributed by atoms with Gasteiger partial charge in [0.15, 0.2) is 0 Å². The average molecular weight is 642 g/mol. The Kier molecular flexibility index (Phi) is 8.20. The molecule has 0 unspecified atom stereocenters. The quantitative estimate of drug-likeness (QED) is 0.212. The predicted octanol–water partition coefficient (Wildman–Crippen LogP) is 5.87. The number of hydrogen-bond acceptors (Lipinski definition) is 8. The van der Waals surface area contributed by atoms with Crippen molar-refractivity contribution in [2.75, 3.05) is 31.6 Å². The number of benzene rings is 1. The van der Waals surface area contributed by atoms with Crippen LogP contribution in [-0.2, 0) is 11.3 Å². The normalized spacial score (nSPS) is 14.5. The molecule has 12 heteroatoms. The van der Waals surface area contributed by atoms with Gasteiger partial charge in [-0.2, -0.15) is 0 Å². The van der Waals surface area contributed by atoms with E-state index in [2.05, 4.69) is 14.9 Å². The Bertz CT molecular complexity index is 1960. The summed E-state index contributed by atoms with van der Waals surface area (Å²) in [6.45, 7) is 9.52. The minimum atomic E-state index is -0.567. The molecule has 5 heterocycles. The third kappa shape index (κ3) is 5.78. The molecule has 10 nitrogen and oxygen atoms in total. The first-order valence-electron chi connectivity index (χ1n) is 14.8. The van der Waals surface area contributed by atoms with Crippen LogP contribution in [0.25, 0.3) is 22.2 Å². The molecule has 0 N–H and O–H groups in total. The highest BCUT2D eigenvalue weighted by molar-refractivity contribution is 6.30. The van der Waals surface area contributed by atoms with E-state index in [1.54, 1.807) is 37.5 Å². The maximum atomic E-state index is 14.5. The number of anilines is 1. The fourth-order valence-corrected chi connectivity index (χ4v) is 6.23. The van der Waals surface area contributed by atoms with E-state index in [4.69, 9.17) is 26.3 Å². The summed E-state index contributed by atoms with van der Waals surface area (Å²) in [6, 6.07) is 11.9. The molecule has 236 valence electrons. The van der Waals surface area contributed by atoms with Crippen LogP contribution in [0.5, 0.6) is 0 Å². The summed E-state index contributed by atoms with van der Waals surface area (Å²) in [4.78, 5) is 48.5. The van der Waals surface area contributed by atoms with E-state index in [1.165, 1.54) is 19.2 Å². The number of hydrogen-bond donors (Lipinski definition) is 0. The highest BCUT2D eigenvalue weighted by atomic mass is 35.5. The lowest BCUT2D eigenvalue weighted by molar-refractivity contribution is 0.0506. The second-order valence-electron chi connectivity index (χ2n) is 12.0. The van der Waals surface area contributed by atoms with Gasteiger partial charge < -0.3 is 19.1 Å². The van der Waals surface area contributed by atoms with Gasteiger partial charge in [-0.1, -0.05) is 17.7 Å². The Hall–Kier alpha value is -4.90. The lowest BCUT2D eigenvalue weighted by atomic mass is 9.97. The van der Waals surface area contributed by atoms with Crippen molar-refractivity contribution in [1.29, 1.82) is 0 Å². The molecule has 0 radical (unpaired) electrons. The van der Waals surface area contributed by atoms with Crippen LogP contribution in [0.1, 0.15) is 51.8 Å². The number of halogens is 2. The van der Waals surface area contributed by atoms with E-state index >= 15 is 0 Å². The summed E-state index contributed by atoms with van der Waals surface area (Å²) < 4.78 is 21.3. The van der Waals surface area contributed by atoms with Crippen LogP contribution in [0.4, 0.5) is 10.2 Å². The van der Waals surface area contributed by atoms with Crippen molar-refractivity contribution >= 4 is 40.3 Å². The molecule has 4 aromatic heterocycles. The number of nitrogens with zero attached hydrogens (tertiary/aromatic N) is 7. The number of carbonyl (C=O) groups is 2. The molecule has 1 aliphatic heterocycles. The molecule has 1 saturated heterocycles. The number of amides is 1. The van der Waals surface area contributed by atoms with Crippen LogP contribution in [0, 0.1) is 19.7 Å². The Morgan fingerprint density at radius 1 is 1.04 bits per heavy atom. The zero-order chi connectivity index (χ0) is 32.7. The van der Waals surface area contributed by atoms with Crippen LogP contribution in [0.3, 0.4) is 0 Å². The van der Waals surface area contributed by atoms with E-state index in [0.29, 0.717) is 60.2 Å². The lowest BCUT2D eigenvalue weighted by Gasteiger charge is -2.47. The fourth-order valence-electron chi connectivity index (χ4n) is 6.11. The van der Waals surface area contributed by atoms with Crippen LogP contribution >= 0.6 is 11.6 Å². The number of carbonyl (C=O) groups excluding carboxylic acids is 2. The Balaban J connectivity index is 1.32. The molecular weight excluding hydrogens is 609 g/mol. The van der Waals surface area contributed by atoms with Gasteiger partial charge in [-0.25, -0.2) is 29.1 Å². The lowest BCUT2D eigenvalue weighted by Crippen LogP contribution is -2.61. The van der Waals surface area contributed by atoms with Crippen molar-refractivity contribution in [3.63, 3.8) is 0 Å². The zero-order valence-electron chi connectivity index (χ0n) is 26.2. The number of fused-ring (bicyclic) bond motifs is 1. The molecule has 1 fully saturated rings. The minimum absolute atomic E-state index is 0.0400. The molecule has 0 spiro atoms. The van der Waals surface area contributed by atoms with E-state index in [1.807, 2.05) is 48.6 Å². The smallest absolute Gasteiger partial charge is 0.339 e. The van der Waals surface area contributed by atoms with Crippen LogP contribution in [0.15, 0.2) is 61.1 Å². The van der Waals surface area contributed by atoms with Crippen molar-refractivity contribution < 1.29 is 18.7 Å². The van der Waals surface area contributed by atoms with Gasteiger partial charge in [0.05, 0.1) is 35.5 Å². The molecule has 5 aromatic rings. The zero-order valence-corrected chi connectivity index (χ0v) is 27.0. The molecule has 0 bridgehead atoms. The third-order valence-corrected chi connectivity index (χ3v) is 8.65. The van der Waals surface area contributed by atoms with Crippen LogP contribution in [0.2, 0.25) is 5.02 Å². The van der Waals surface area contributed by atoms with Crippen molar-refractivity contribution in [1.82, 2.24) is 29.4 Å². The maximum Gasteiger partial charge on any atom is 0.339 e. The first-order valence-corrected chi connectivity index (χ1v) is 15.2. The second-order valence-corrected chi connectivity index (χ2v) is 12.4. The molecule has 1 aliphatic rings. The van der Waals surface area contributed by atoms with Crippen LogP contribution < -0.4 is 4.90 Å². The molecule has 46 heavy (non-hydrogen) atoms.